The van der Waals surface area contributed by atoms with Crippen LogP contribution in [0.15, 0.2) is 65.3 Å². The molecule has 5 aromatic heterocycles. The van der Waals surface area contributed by atoms with Crippen LogP contribution in [0.3, 0.4) is 0 Å². The van der Waals surface area contributed by atoms with Gasteiger partial charge < -0.3 is 9.88 Å². The third-order valence-corrected chi connectivity index (χ3v) is 7.08. The van der Waals surface area contributed by atoms with Gasteiger partial charge in [-0.05, 0) is 37.6 Å². The summed E-state index contributed by atoms with van der Waals surface area (Å²) in [4.78, 5) is 14.1. The van der Waals surface area contributed by atoms with Gasteiger partial charge in [-0.1, -0.05) is 11.8 Å². The maximum absolute atomic E-state index is 14.4. The molecule has 1 saturated heterocycles. The van der Waals surface area contributed by atoms with Gasteiger partial charge in [-0.15, -0.1) is 0 Å². The second-order valence-corrected chi connectivity index (χ2v) is 9.16. The molecule has 0 aliphatic carbocycles. The van der Waals surface area contributed by atoms with Crippen molar-refractivity contribution in [1.29, 1.82) is 5.26 Å². The average Bonchev–Trinajstić information content (AvgIpc) is 3.48. The highest BCUT2D eigenvalue weighted by molar-refractivity contribution is 7.99. The van der Waals surface area contributed by atoms with Crippen molar-refractivity contribution in [3.8, 4) is 17.2 Å². The fraction of sp³-hybridized carbons (Fsp3) is 0.208. The van der Waals surface area contributed by atoms with E-state index in [-0.39, 0.29) is 11.1 Å². The van der Waals surface area contributed by atoms with Gasteiger partial charge in [-0.2, -0.15) is 10.4 Å². The molecular formula is C24H19FN8S. The number of aromatic nitrogens is 6. The number of halogens is 1. The second-order valence-electron chi connectivity index (χ2n) is 8.13. The number of piperidine rings is 1. The van der Waals surface area contributed by atoms with Crippen molar-refractivity contribution in [3.05, 3.63) is 66.8 Å². The minimum atomic E-state index is -0.415. The highest BCUT2D eigenvalue weighted by Crippen LogP contribution is 2.38. The van der Waals surface area contributed by atoms with E-state index in [0.717, 1.165) is 48.2 Å². The zero-order chi connectivity index (χ0) is 23.1. The third kappa shape index (κ3) is 3.50. The van der Waals surface area contributed by atoms with E-state index in [2.05, 4.69) is 42.2 Å². The van der Waals surface area contributed by atoms with Crippen LogP contribution < -0.4 is 5.32 Å². The van der Waals surface area contributed by atoms with Crippen molar-refractivity contribution in [2.45, 2.75) is 28.8 Å². The number of fused-ring (bicyclic) bond motifs is 2. The average molecular weight is 471 g/mol. The number of hydrogen-bond donors (Lipinski definition) is 1. The number of nitrogens with zero attached hydrogens (tertiary/aromatic N) is 7. The minimum absolute atomic E-state index is 0.238. The zero-order valence-corrected chi connectivity index (χ0v) is 18.8. The first-order valence-corrected chi connectivity index (χ1v) is 11.8. The normalized spacial score (nSPS) is 16.2. The minimum Gasteiger partial charge on any atom is -0.326 e. The molecule has 0 spiro atoms. The molecule has 1 aliphatic heterocycles. The highest BCUT2D eigenvalue weighted by atomic mass is 32.2. The Kier molecular flexibility index (Phi) is 5.20. The van der Waals surface area contributed by atoms with E-state index < -0.39 is 5.82 Å². The van der Waals surface area contributed by atoms with Crippen LogP contribution in [0.5, 0.6) is 0 Å². The van der Waals surface area contributed by atoms with Gasteiger partial charge in [-0.3, -0.25) is 4.98 Å². The Labute approximate surface area is 198 Å². The van der Waals surface area contributed by atoms with Gasteiger partial charge in [0.1, 0.15) is 16.6 Å². The monoisotopic (exact) mass is 470 g/mol. The number of rotatable bonds is 4. The summed E-state index contributed by atoms with van der Waals surface area (Å²) < 4.78 is 18.3. The van der Waals surface area contributed by atoms with Gasteiger partial charge in [0, 0.05) is 59.6 Å². The van der Waals surface area contributed by atoms with E-state index in [1.807, 2.05) is 12.3 Å². The Morgan fingerprint density at radius 1 is 1.18 bits per heavy atom. The smallest absolute Gasteiger partial charge is 0.159 e. The summed E-state index contributed by atoms with van der Waals surface area (Å²) in [6.45, 7) is 1.90. The van der Waals surface area contributed by atoms with Crippen LogP contribution in [0.1, 0.15) is 24.4 Å². The van der Waals surface area contributed by atoms with Crippen molar-refractivity contribution in [3.63, 3.8) is 0 Å². The molecular weight excluding hydrogens is 451 g/mol. The largest absolute Gasteiger partial charge is 0.326 e. The van der Waals surface area contributed by atoms with Gasteiger partial charge >= 0.3 is 0 Å². The van der Waals surface area contributed by atoms with Gasteiger partial charge in [0.15, 0.2) is 11.5 Å². The molecule has 8 nitrogen and oxygen atoms in total. The highest BCUT2D eigenvalue weighted by Gasteiger charge is 2.22. The summed E-state index contributed by atoms with van der Waals surface area (Å²) in [5.74, 6) is -0.415. The van der Waals surface area contributed by atoms with Crippen molar-refractivity contribution >= 4 is 28.4 Å². The van der Waals surface area contributed by atoms with Crippen LogP contribution in [0, 0.1) is 17.1 Å². The molecule has 1 atom stereocenters. The van der Waals surface area contributed by atoms with E-state index in [9.17, 15) is 9.65 Å². The Hall–Kier alpha value is -3.81. The molecule has 1 aliphatic rings. The number of nitriles is 1. The lowest BCUT2D eigenvalue weighted by Crippen LogP contribution is -2.31. The molecule has 0 saturated carbocycles. The van der Waals surface area contributed by atoms with Crippen LogP contribution in [-0.4, -0.2) is 42.2 Å². The number of nitrogens with one attached hydrogen (secondary N) is 1. The molecule has 0 amide bonds. The molecule has 1 N–H and O–H groups in total. The molecule has 168 valence electrons. The number of pyridine rings is 2. The fourth-order valence-electron chi connectivity index (χ4n) is 4.47. The molecule has 34 heavy (non-hydrogen) atoms. The molecule has 0 bridgehead atoms. The zero-order valence-electron chi connectivity index (χ0n) is 18.0. The number of hydrogen-bond acceptors (Lipinski definition) is 7. The Balaban J connectivity index is 1.55. The van der Waals surface area contributed by atoms with Crippen molar-refractivity contribution in [1.82, 2.24) is 34.4 Å². The van der Waals surface area contributed by atoms with E-state index in [4.69, 9.17) is 0 Å². The fourth-order valence-corrected chi connectivity index (χ4v) is 5.45. The first-order chi connectivity index (χ1) is 16.7. The predicted octanol–water partition coefficient (Wildman–Crippen LogP) is 4.23. The quantitative estimate of drug-likeness (QED) is 0.420. The van der Waals surface area contributed by atoms with Crippen LogP contribution in [-0.2, 0) is 0 Å². The van der Waals surface area contributed by atoms with Gasteiger partial charge in [0.2, 0.25) is 0 Å². The molecule has 5 aromatic rings. The van der Waals surface area contributed by atoms with E-state index in [1.165, 1.54) is 24.0 Å². The summed E-state index contributed by atoms with van der Waals surface area (Å²) in [7, 11) is 0. The Bertz CT molecular complexity index is 1560. The SMILES string of the molecule is N#Cc1cnn2cc(-c3cn([C@H]4CCCNC4)c4nccnc34)cc(Sc3ncccc3F)c12. The molecule has 6 rings (SSSR count). The third-order valence-electron chi connectivity index (χ3n) is 6.05. The maximum atomic E-state index is 14.4. The summed E-state index contributed by atoms with van der Waals surface area (Å²) >= 11 is 1.18. The Morgan fingerprint density at radius 2 is 2.09 bits per heavy atom. The summed E-state index contributed by atoms with van der Waals surface area (Å²) in [5, 5.41) is 17.7. The molecule has 0 aromatic carbocycles. The van der Waals surface area contributed by atoms with E-state index in [0.29, 0.717) is 16.0 Å². The summed E-state index contributed by atoms with van der Waals surface area (Å²) in [6.07, 6.45) is 12.6. The molecule has 6 heterocycles. The first-order valence-electron chi connectivity index (χ1n) is 11.0. The first kappa shape index (κ1) is 20.8. The molecule has 0 radical (unpaired) electrons. The van der Waals surface area contributed by atoms with Crippen molar-refractivity contribution in [2.24, 2.45) is 0 Å². The lowest BCUT2D eigenvalue weighted by molar-refractivity contribution is 0.378. The standard InChI is InChI=1S/C24H19FN8S/c25-19-4-2-6-30-24(19)34-20-9-15(13-33-22(20)16(10-26)11-31-33)18-14-32(17-3-1-5-27-12-17)23-21(18)28-7-8-29-23/h2,4,6-9,11,13-14,17,27H,1,3,5,12H2/t17-/m0/s1. The van der Waals surface area contributed by atoms with Crippen molar-refractivity contribution in [2.75, 3.05) is 13.1 Å². The van der Waals surface area contributed by atoms with Crippen LogP contribution in [0.25, 0.3) is 27.8 Å². The Morgan fingerprint density at radius 3 is 2.91 bits per heavy atom. The molecule has 10 heteroatoms. The van der Waals surface area contributed by atoms with Crippen LogP contribution >= 0.6 is 11.8 Å². The van der Waals surface area contributed by atoms with Crippen LogP contribution in [0.4, 0.5) is 4.39 Å². The molecule has 1 fully saturated rings. The topological polar surface area (TPSA) is 96.7 Å². The lowest BCUT2D eigenvalue weighted by Gasteiger charge is -2.24. The summed E-state index contributed by atoms with van der Waals surface area (Å²) in [6, 6.07) is 7.35. The van der Waals surface area contributed by atoms with E-state index >= 15 is 0 Å². The van der Waals surface area contributed by atoms with Crippen LogP contribution in [0.2, 0.25) is 0 Å². The van der Waals surface area contributed by atoms with Crippen molar-refractivity contribution < 1.29 is 4.39 Å². The second kappa shape index (κ2) is 8.52. The molecule has 0 unspecified atom stereocenters. The summed E-state index contributed by atoms with van der Waals surface area (Å²) in [5.41, 5.74) is 4.42. The predicted molar refractivity (Wildman–Crippen MR) is 126 cm³/mol. The van der Waals surface area contributed by atoms with E-state index in [1.54, 1.807) is 29.2 Å². The lowest BCUT2D eigenvalue weighted by atomic mass is 10.1. The maximum Gasteiger partial charge on any atom is 0.159 e. The van der Waals surface area contributed by atoms with Gasteiger partial charge in [0.25, 0.3) is 0 Å². The van der Waals surface area contributed by atoms with Gasteiger partial charge in [-0.25, -0.2) is 18.9 Å². The van der Waals surface area contributed by atoms with Gasteiger partial charge in [0.05, 0.1) is 17.3 Å².